The minimum absolute atomic E-state index is 0.112. The summed E-state index contributed by atoms with van der Waals surface area (Å²) in [5.74, 6) is 1.31. The van der Waals surface area contributed by atoms with Crippen LogP contribution < -0.4 is 20.1 Å². The summed E-state index contributed by atoms with van der Waals surface area (Å²) in [5, 5.41) is 5.85. The summed E-state index contributed by atoms with van der Waals surface area (Å²) in [7, 11) is 3.15. The molecular formula is C28H37N5O4. The van der Waals surface area contributed by atoms with Crippen molar-refractivity contribution in [1.82, 2.24) is 19.8 Å². The number of hydrogen-bond acceptors (Lipinski definition) is 5. The molecule has 0 aliphatic heterocycles. The van der Waals surface area contributed by atoms with Crippen LogP contribution in [0.15, 0.2) is 54.7 Å². The Hall–Kier alpha value is -4.01. The predicted molar refractivity (Wildman–Crippen MR) is 145 cm³/mol. The first-order chi connectivity index (χ1) is 17.5. The molecule has 0 aliphatic carbocycles. The van der Waals surface area contributed by atoms with E-state index >= 15 is 0 Å². The predicted octanol–water partition coefficient (Wildman–Crippen LogP) is 4.96. The van der Waals surface area contributed by atoms with Crippen molar-refractivity contribution in [2.24, 2.45) is 5.92 Å². The van der Waals surface area contributed by atoms with E-state index in [1.807, 2.05) is 83.3 Å². The van der Waals surface area contributed by atoms with E-state index in [2.05, 4.69) is 10.6 Å². The summed E-state index contributed by atoms with van der Waals surface area (Å²) in [6.07, 6.45) is 1.85. The summed E-state index contributed by atoms with van der Waals surface area (Å²) in [6.45, 7) is 10.1. The summed E-state index contributed by atoms with van der Waals surface area (Å²) < 4.78 is 12.6. The fourth-order valence-corrected chi connectivity index (χ4v) is 3.79. The molecule has 1 heterocycles. The normalized spacial score (nSPS) is 11.2. The van der Waals surface area contributed by atoms with Crippen molar-refractivity contribution in [3.63, 3.8) is 0 Å². The zero-order valence-corrected chi connectivity index (χ0v) is 22.7. The second kappa shape index (κ2) is 11.8. The standard InChI is InChI=1S/C28H37N5O4/c1-19(2)16-32(27(35)31-28(3,4)5)18-25(34)30-26-29-22(20-11-9-8-10-12-20)17-33(26)21-13-14-23(36-6)24(15-21)37-7/h8-15,17,19H,16,18H2,1-7H3,(H,31,35)(H,29,30,34). The molecule has 0 atom stereocenters. The molecule has 2 N–H and O–H groups in total. The van der Waals surface area contributed by atoms with Gasteiger partial charge in [0, 0.05) is 29.9 Å². The van der Waals surface area contributed by atoms with Crippen LogP contribution in [0, 0.1) is 5.92 Å². The van der Waals surface area contributed by atoms with Gasteiger partial charge in [-0.05, 0) is 38.8 Å². The van der Waals surface area contributed by atoms with Gasteiger partial charge >= 0.3 is 6.03 Å². The Kier molecular flexibility index (Phi) is 8.81. The number of benzene rings is 2. The molecule has 0 radical (unpaired) electrons. The Balaban J connectivity index is 1.94. The zero-order chi connectivity index (χ0) is 27.2. The second-order valence-electron chi connectivity index (χ2n) is 10.2. The van der Waals surface area contributed by atoms with Crippen molar-refractivity contribution in [3.8, 4) is 28.4 Å². The van der Waals surface area contributed by atoms with Gasteiger partial charge in [0.25, 0.3) is 0 Å². The minimum Gasteiger partial charge on any atom is -0.493 e. The lowest BCUT2D eigenvalue weighted by molar-refractivity contribution is -0.116. The van der Waals surface area contributed by atoms with E-state index < -0.39 is 5.54 Å². The number of imidazole rings is 1. The average Bonchev–Trinajstić information content (AvgIpc) is 3.26. The Morgan fingerprint density at radius 2 is 1.70 bits per heavy atom. The minimum atomic E-state index is -0.420. The molecule has 9 nitrogen and oxygen atoms in total. The van der Waals surface area contributed by atoms with Crippen molar-refractivity contribution < 1.29 is 19.1 Å². The van der Waals surface area contributed by atoms with Gasteiger partial charge in [-0.2, -0.15) is 0 Å². The molecule has 3 rings (SSSR count). The summed E-state index contributed by atoms with van der Waals surface area (Å²) in [4.78, 5) is 32.3. The molecule has 2 aromatic carbocycles. The smallest absolute Gasteiger partial charge is 0.318 e. The Morgan fingerprint density at radius 1 is 1.03 bits per heavy atom. The van der Waals surface area contributed by atoms with Crippen LogP contribution in [-0.2, 0) is 4.79 Å². The van der Waals surface area contributed by atoms with Gasteiger partial charge in [0.2, 0.25) is 11.9 Å². The molecule has 1 aromatic heterocycles. The third-order valence-electron chi connectivity index (χ3n) is 5.36. The lowest BCUT2D eigenvalue weighted by atomic mass is 10.1. The number of carbonyl (C=O) groups is 2. The highest BCUT2D eigenvalue weighted by molar-refractivity contribution is 5.93. The third-order valence-corrected chi connectivity index (χ3v) is 5.36. The SMILES string of the molecule is COc1ccc(-n2cc(-c3ccccc3)nc2NC(=O)CN(CC(C)C)C(=O)NC(C)(C)C)cc1OC. The van der Waals surface area contributed by atoms with Crippen molar-refractivity contribution >= 4 is 17.9 Å². The molecular weight excluding hydrogens is 470 g/mol. The van der Waals surface area contributed by atoms with Crippen molar-refractivity contribution in [3.05, 3.63) is 54.7 Å². The number of nitrogens with one attached hydrogen (secondary N) is 2. The van der Waals surface area contributed by atoms with Crippen molar-refractivity contribution in [2.75, 3.05) is 32.6 Å². The molecule has 37 heavy (non-hydrogen) atoms. The highest BCUT2D eigenvalue weighted by atomic mass is 16.5. The number of carbonyl (C=O) groups excluding carboxylic acids is 2. The van der Waals surface area contributed by atoms with E-state index in [1.54, 1.807) is 24.9 Å². The first kappa shape index (κ1) is 27.6. The highest BCUT2D eigenvalue weighted by Crippen LogP contribution is 2.31. The number of aromatic nitrogens is 2. The molecule has 0 spiro atoms. The van der Waals surface area contributed by atoms with Crippen LogP contribution in [-0.4, -0.2) is 59.2 Å². The molecule has 0 bridgehead atoms. The maximum Gasteiger partial charge on any atom is 0.318 e. The van der Waals surface area contributed by atoms with Crippen LogP contribution in [0.3, 0.4) is 0 Å². The van der Waals surface area contributed by atoms with Gasteiger partial charge in [0.05, 0.1) is 25.6 Å². The molecule has 0 fully saturated rings. The third kappa shape index (κ3) is 7.49. The van der Waals surface area contributed by atoms with Gasteiger partial charge in [-0.1, -0.05) is 44.2 Å². The first-order valence-electron chi connectivity index (χ1n) is 12.2. The molecule has 0 unspecified atom stereocenters. The molecule has 0 aliphatic rings. The molecule has 3 amide bonds. The monoisotopic (exact) mass is 507 g/mol. The van der Waals surface area contributed by atoms with Gasteiger partial charge < -0.3 is 19.7 Å². The number of amides is 3. The van der Waals surface area contributed by atoms with E-state index in [4.69, 9.17) is 14.5 Å². The van der Waals surface area contributed by atoms with E-state index in [0.717, 1.165) is 11.3 Å². The number of anilines is 1. The van der Waals surface area contributed by atoms with Crippen LogP contribution in [0.4, 0.5) is 10.7 Å². The number of urea groups is 1. The summed E-state index contributed by atoms with van der Waals surface area (Å²) in [5.41, 5.74) is 1.90. The van der Waals surface area contributed by atoms with E-state index in [0.29, 0.717) is 29.7 Å². The van der Waals surface area contributed by atoms with Gasteiger partial charge in [-0.15, -0.1) is 0 Å². The van der Waals surface area contributed by atoms with E-state index in [1.165, 1.54) is 4.90 Å². The fraction of sp³-hybridized carbons (Fsp3) is 0.393. The van der Waals surface area contributed by atoms with Gasteiger partial charge in [-0.25, -0.2) is 9.78 Å². The Morgan fingerprint density at radius 3 is 2.30 bits per heavy atom. The fourth-order valence-electron chi connectivity index (χ4n) is 3.79. The quantitative estimate of drug-likeness (QED) is 0.427. The summed E-state index contributed by atoms with van der Waals surface area (Å²) in [6, 6.07) is 14.9. The first-order valence-corrected chi connectivity index (χ1v) is 12.2. The highest BCUT2D eigenvalue weighted by Gasteiger charge is 2.24. The number of hydrogen-bond donors (Lipinski definition) is 2. The van der Waals surface area contributed by atoms with Crippen LogP contribution in [0.2, 0.25) is 0 Å². The zero-order valence-electron chi connectivity index (χ0n) is 22.7. The van der Waals surface area contributed by atoms with Crippen LogP contribution >= 0.6 is 0 Å². The molecule has 198 valence electrons. The van der Waals surface area contributed by atoms with Gasteiger partial charge in [0.1, 0.15) is 6.54 Å². The van der Waals surface area contributed by atoms with Crippen molar-refractivity contribution in [1.29, 1.82) is 0 Å². The van der Waals surface area contributed by atoms with Gasteiger partial charge in [-0.3, -0.25) is 14.7 Å². The number of rotatable bonds is 9. The molecule has 3 aromatic rings. The number of methoxy groups -OCH3 is 2. The van der Waals surface area contributed by atoms with Crippen molar-refractivity contribution in [2.45, 2.75) is 40.2 Å². The largest absolute Gasteiger partial charge is 0.493 e. The maximum atomic E-state index is 13.2. The van der Waals surface area contributed by atoms with Gasteiger partial charge in [0.15, 0.2) is 11.5 Å². The lowest BCUT2D eigenvalue weighted by Crippen LogP contribution is -2.51. The van der Waals surface area contributed by atoms with Crippen LogP contribution in [0.5, 0.6) is 11.5 Å². The maximum absolute atomic E-state index is 13.2. The molecule has 0 saturated carbocycles. The summed E-state index contributed by atoms with van der Waals surface area (Å²) >= 11 is 0. The lowest BCUT2D eigenvalue weighted by Gasteiger charge is -2.29. The second-order valence-corrected chi connectivity index (χ2v) is 10.2. The van der Waals surface area contributed by atoms with Crippen LogP contribution in [0.1, 0.15) is 34.6 Å². The van der Waals surface area contributed by atoms with Crippen LogP contribution in [0.25, 0.3) is 16.9 Å². The number of nitrogens with zero attached hydrogens (tertiary/aromatic N) is 3. The van der Waals surface area contributed by atoms with E-state index in [9.17, 15) is 9.59 Å². The average molecular weight is 508 g/mol. The number of ether oxygens (including phenoxy) is 2. The van der Waals surface area contributed by atoms with E-state index in [-0.39, 0.29) is 24.4 Å². The Labute approximate surface area is 218 Å². The molecule has 9 heteroatoms. The topological polar surface area (TPSA) is 97.7 Å². The molecule has 0 saturated heterocycles. The Bertz CT molecular complexity index is 1220.